The van der Waals surface area contributed by atoms with Crippen LogP contribution in [0.1, 0.15) is 57.3 Å². The van der Waals surface area contributed by atoms with Crippen LogP contribution in [0.15, 0.2) is 24.3 Å². The first-order valence-corrected chi connectivity index (χ1v) is 12.7. The van der Waals surface area contributed by atoms with Crippen molar-refractivity contribution in [2.24, 2.45) is 35.5 Å². The standard InChI is InChI=1S/C27H34N2O7/c1-14(2)12-35-26(33)16-7-9-19(10-8-16)28-20(30)13-36-27(34)23(15(3)4)29-24(31)21-17-5-6-18(11-17)22(21)25(29)32/h7-10,14-15,17-18,21-23H,5-6,11-13H2,1-4H3,(H,28,30)/t17-,18-,21-,22+,23+/m0/s1. The van der Waals surface area contributed by atoms with E-state index >= 15 is 0 Å². The largest absolute Gasteiger partial charge is 0.462 e. The average Bonchev–Trinajstić information content (AvgIpc) is 3.51. The molecule has 9 nitrogen and oxygen atoms in total. The Bertz CT molecular complexity index is 1020. The lowest BCUT2D eigenvalue weighted by Gasteiger charge is -2.28. The zero-order valence-electron chi connectivity index (χ0n) is 21.2. The normalized spacial score (nSPS) is 25.3. The Morgan fingerprint density at radius 3 is 2.06 bits per heavy atom. The Labute approximate surface area is 210 Å². The van der Waals surface area contributed by atoms with Crippen LogP contribution in [-0.4, -0.2) is 53.8 Å². The summed E-state index contributed by atoms with van der Waals surface area (Å²) in [5.41, 5.74) is 0.781. The summed E-state index contributed by atoms with van der Waals surface area (Å²) in [5, 5.41) is 2.61. The van der Waals surface area contributed by atoms with Crippen LogP contribution in [0.3, 0.4) is 0 Å². The number of nitrogens with one attached hydrogen (secondary N) is 1. The number of hydrogen-bond donors (Lipinski definition) is 1. The van der Waals surface area contributed by atoms with E-state index in [1.807, 2.05) is 13.8 Å². The van der Waals surface area contributed by atoms with Gasteiger partial charge in [0.1, 0.15) is 6.04 Å². The molecule has 2 aliphatic carbocycles. The van der Waals surface area contributed by atoms with E-state index in [4.69, 9.17) is 9.47 Å². The summed E-state index contributed by atoms with van der Waals surface area (Å²) in [6.07, 6.45) is 2.82. The minimum atomic E-state index is -1.06. The smallest absolute Gasteiger partial charge is 0.338 e. The predicted molar refractivity (Wildman–Crippen MR) is 129 cm³/mol. The summed E-state index contributed by atoms with van der Waals surface area (Å²) < 4.78 is 10.4. The molecule has 0 unspecified atom stereocenters. The molecule has 5 atom stereocenters. The van der Waals surface area contributed by atoms with Crippen LogP contribution in [0.2, 0.25) is 0 Å². The van der Waals surface area contributed by atoms with E-state index in [9.17, 15) is 24.0 Å². The minimum Gasteiger partial charge on any atom is -0.462 e. The van der Waals surface area contributed by atoms with Crippen molar-refractivity contribution in [3.8, 4) is 0 Å². The van der Waals surface area contributed by atoms with Gasteiger partial charge in [-0.2, -0.15) is 0 Å². The maximum atomic E-state index is 13.2. The maximum absolute atomic E-state index is 13.2. The van der Waals surface area contributed by atoms with Crippen molar-refractivity contribution >= 4 is 35.3 Å². The molecule has 0 radical (unpaired) electrons. The van der Waals surface area contributed by atoms with Crippen molar-refractivity contribution < 1.29 is 33.4 Å². The number of imide groups is 1. The van der Waals surface area contributed by atoms with Crippen LogP contribution in [0.4, 0.5) is 5.69 Å². The zero-order valence-corrected chi connectivity index (χ0v) is 21.2. The van der Waals surface area contributed by atoms with E-state index in [1.54, 1.807) is 26.0 Å². The summed E-state index contributed by atoms with van der Waals surface area (Å²) in [4.78, 5) is 64.8. The van der Waals surface area contributed by atoms with E-state index < -0.39 is 30.5 Å². The second kappa shape index (κ2) is 10.4. The van der Waals surface area contributed by atoms with Gasteiger partial charge in [0.05, 0.1) is 24.0 Å². The fourth-order valence-electron chi connectivity index (χ4n) is 5.82. The number of esters is 2. The monoisotopic (exact) mass is 498 g/mol. The molecule has 1 N–H and O–H groups in total. The third kappa shape index (κ3) is 5.01. The topological polar surface area (TPSA) is 119 Å². The molecule has 1 aliphatic heterocycles. The molecule has 1 aromatic rings. The van der Waals surface area contributed by atoms with Crippen LogP contribution < -0.4 is 5.32 Å². The van der Waals surface area contributed by atoms with Gasteiger partial charge >= 0.3 is 11.9 Å². The fourth-order valence-corrected chi connectivity index (χ4v) is 5.82. The van der Waals surface area contributed by atoms with E-state index in [0.29, 0.717) is 17.9 Å². The fraction of sp³-hybridized carbons (Fsp3) is 0.593. The van der Waals surface area contributed by atoms with Gasteiger partial charge in [0.25, 0.3) is 5.91 Å². The number of anilines is 1. The number of carbonyl (C=O) groups excluding carboxylic acids is 5. The summed E-state index contributed by atoms with van der Waals surface area (Å²) >= 11 is 0. The SMILES string of the molecule is CC(C)COC(=O)c1ccc(NC(=O)COC(=O)[C@@H](C(C)C)N2C(=O)[C@@H]3[C@H]4CC[C@@H](C4)[C@@H]3C2=O)cc1. The van der Waals surface area contributed by atoms with Crippen molar-refractivity contribution in [2.75, 3.05) is 18.5 Å². The quantitative estimate of drug-likeness (QED) is 0.411. The molecule has 2 bridgehead atoms. The third-order valence-electron chi connectivity index (χ3n) is 7.41. The number of carbonyl (C=O) groups is 5. The number of ether oxygens (including phenoxy) is 2. The maximum Gasteiger partial charge on any atom is 0.338 e. The van der Waals surface area contributed by atoms with Gasteiger partial charge in [0, 0.05) is 5.69 Å². The second-order valence-electron chi connectivity index (χ2n) is 10.8. The number of amides is 3. The molecule has 1 aromatic carbocycles. The van der Waals surface area contributed by atoms with E-state index in [0.717, 1.165) is 24.2 Å². The van der Waals surface area contributed by atoms with Crippen LogP contribution in [0.25, 0.3) is 0 Å². The van der Waals surface area contributed by atoms with Gasteiger partial charge in [-0.25, -0.2) is 9.59 Å². The lowest BCUT2D eigenvalue weighted by molar-refractivity contribution is -0.162. The Kier molecular flexibility index (Phi) is 7.47. The van der Waals surface area contributed by atoms with Crippen molar-refractivity contribution in [3.05, 3.63) is 29.8 Å². The first-order valence-electron chi connectivity index (χ1n) is 12.7. The molecular formula is C27H34N2O7. The van der Waals surface area contributed by atoms with Crippen molar-refractivity contribution in [2.45, 2.75) is 53.0 Å². The molecule has 3 aliphatic rings. The highest BCUT2D eigenvalue weighted by Crippen LogP contribution is 2.56. The van der Waals surface area contributed by atoms with Gasteiger partial charge in [-0.15, -0.1) is 0 Å². The number of nitrogens with zero attached hydrogens (tertiary/aromatic N) is 1. The molecule has 0 aromatic heterocycles. The average molecular weight is 499 g/mol. The highest BCUT2D eigenvalue weighted by molar-refractivity contribution is 6.08. The Balaban J connectivity index is 1.32. The lowest BCUT2D eigenvalue weighted by atomic mass is 9.81. The predicted octanol–water partition coefficient (Wildman–Crippen LogP) is 3.04. The molecule has 3 fully saturated rings. The Hall–Kier alpha value is -3.23. The highest BCUT2D eigenvalue weighted by Gasteiger charge is 2.62. The van der Waals surface area contributed by atoms with Crippen molar-refractivity contribution in [3.63, 3.8) is 0 Å². The molecule has 36 heavy (non-hydrogen) atoms. The molecule has 1 saturated heterocycles. The summed E-state index contributed by atoms with van der Waals surface area (Å²) in [6, 6.07) is 5.12. The van der Waals surface area contributed by atoms with Crippen molar-refractivity contribution in [1.29, 1.82) is 0 Å². The van der Waals surface area contributed by atoms with Gasteiger partial charge in [-0.3, -0.25) is 19.3 Å². The van der Waals surface area contributed by atoms with Gasteiger partial charge in [-0.1, -0.05) is 27.7 Å². The summed E-state index contributed by atoms with van der Waals surface area (Å²) in [5.74, 6) is -2.66. The number of fused-ring (bicyclic) bond motifs is 5. The lowest BCUT2D eigenvalue weighted by Crippen LogP contribution is -2.50. The molecule has 3 amide bonds. The first kappa shape index (κ1) is 25.9. The van der Waals surface area contributed by atoms with E-state index in [2.05, 4.69) is 5.32 Å². The molecule has 1 heterocycles. The molecule has 2 saturated carbocycles. The van der Waals surface area contributed by atoms with Crippen LogP contribution in [0.5, 0.6) is 0 Å². The van der Waals surface area contributed by atoms with Gasteiger partial charge in [0.2, 0.25) is 11.8 Å². The number of likely N-dealkylation sites (tertiary alicyclic amines) is 1. The molecule has 4 rings (SSSR count). The summed E-state index contributed by atoms with van der Waals surface area (Å²) in [6.45, 7) is 7.15. The number of hydrogen-bond acceptors (Lipinski definition) is 7. The van der Waals surface area contributed by atoms with E-state index in [-0.39, 0.29) is 47.3 Å². The summed E-state index contributed by atoms with van der Waals surface area (Å²) in [7, 11) is 0. The second-order valence-corrected chi connectivity index (χ2v) is 10.8. The Morgan fingerprint density at radius 2 is 1.53 bits per heavy atom. The molecule has 9 heteroatoms. The zero-order chi connectivity index (χ0) is 26.1. The highest BCUT2D eigenvalue weighted by atomic mass is 16.5. The Morgan fingerprint density at radius 1 is 0.944 bits per heavy atom. The molecular weight excluding hydrogens is 464 g/mol. The van der Waals surface area contributed by atoms with Gasteiger partial charge in [0.15, 0.2) is 6.61 Å². The first-order chi connectivity index (χ1) is 17.1. The number of benzene rings is 1. The van der Waals surface area contributed by atoms with E-state index in [1.165, 1.54) is 12.1 Å². The van der Waals surface area contributed by atoms with Gasteiger partial charge in [-0.05, 0) is 67.2 Å². The number of rotatable bonds is 9. The molecule has 194 valence electrons. The van der Waals surface area contributed by atoms with Crippen LogP contribution in [-0.2, 0) is 28.7 Å². The van der Waals surface area contributed by atoms with Crippen LogP contribution >= 0.6 is 0 Å². The van der Waals surface area contributed by atoms with Crippen LogP contribution in [0, 0.1) is 35.5 Å². The minimum absolute atomic E-state index is 0.222. The van der Waals surface area contributed by atoms with Crippen molar-refractivity contribution in [1.82, 2.24) is 4.90 Å². The third-order valence-corrected chi connectivity index (χ3v) is 7.41. The van der Waals surface area contributed by atoms with Gasteiger partial charge < -0.3 is 14.8 Å². The molecule has 0 spiro atoms.